The third kappa shape index (κ3) is 5.02. The van der Waals surface area contributed by atoms with E-state index in [-0.39, 0.29) is 11.9 Å². The molecule has 0 saturated carbocycles. The summed E-state index contributed by atoms with van der Waals surface area (Å²) in [6.45, 7) is 5.35. The van der Waals surface area contributed by atoms with Crippen LogP contribution >= 0.6 is 0 Å². The number of benzene rings is 1. The number of carbonyl (C=O) groups is 1. The second kappa shape index (κ2) is 8.34. The third-order valence-corrected chi connectivity index (χ3v) is 3.26. The van der Waals surface area contributed by atoms with Crippen LogP contribution < -0.4 is 5.73 Å². The number of rotatable bonds is 7. The maximum Gasteiger partial charge on any atom is 0.224 e. The summed E-state index contributed by atoms with van der Waals surface area (Å²) >= 11 is 0. The highest BCUT2D eigenvalue weighted by Crippen LogP contribution is 2.10. The molecule has 1 unspecified atom stereocenters. The van der Waals surface area contributed by atoms with E-state index in [0.717, 1.165) is 24.9 Å². The van der Waals surface area contributed by atoms with Crippen LogP contribution in [0, 0.1) is 11.3 Å². The first-order valence-corrected chi connectivity index (χ1v) is 7.13. The minimum absolute atomic E-state index is 0.0668. The fourth-order valence-corrected chi connectivity index (χ4v) is 1.96. The van der Waals surface area contributed by atoms with E-state index in [1.807, 2.05) is 24.0 Å². The Hall–Kier alpha value is -1.86. The van der Waals surface area contributed by atoms with E-state index in [1.165, 1.54) is 0 Å². The number of carbonyl (C=O) groups excluding carboxylic acids is 1. The van der Waals surface area contributed by atoms with Gasteiger partial charge in [0, 0.05) is 25.6 Å². The molecular weight excluding hydrogens is 250 g/mol. The molecule has 0 aliphatic heterocycles. The Bertz CT molecular complexity index is 462. The van der Waals surface area contributed by atoms with Crippen LogP contribution in [0.4, 0.5) is 0 Å². The Morgan fingerprint density at radius 3 is 2.50 bits per heavy atom. The highest BCUT2D eigenvalue weighted by Gasteiger charge is 2.15. The van der Waals surface area contributed by atoms with Crippen molar-refractivity contribution in [1.82, 2.24) is 4.90 Å². The normalized spacial score (nSPS) is 11.7. The van der Waals surface area contributed by atoms with Gasteiger partial charge in [-0.3, -0.25) is 4.79 Å². The van der Waals surface area contributed by atoms with Gasteiger partial charge in [0.25, 0.3) is 0 Å². The molecule has 4 heteroatoms. The van der Waals surface area contributed by atoms with Crippen LogP contribution in [-0.2, 0) is 11.3 Å². The van der Waals surface area contributed by atoms with Gasteiger partial charge in [-0.2, -0.15) is 5.26 Å². The van der Waals surface area contributed by atoms with Gasteiger partial charge in [0.1, 0.15) is 0 Å². The minimum Gasteiger partial charge on any atom is -0.338 e. The SMILES string of the molecule is CCCN(Cc1ccc(C#N)cc1)C(=O)CC(N)CC. The number of amides is 1. The summed E-state index contributed by atoms with van der Waals surface area (Å²) in [7, 11) is 0. The Morgan fingerprint density at radius 2 is 2.00 bits per heavy atom. The Labute approximate surface area is 121 Å². The summed E-state index contributed by atoms with van der Waals surface area (Å²) in [6, 6.07) is 9.38. The number of nitriles is 1. The fourth-order valence-electron chi connectivity index (χ4n) is 1.96. The smallest absolute Gasteiger partial charge is 0.224 e. The molecule has 0 heterocycles. The van der Waals surface area contributed by atoms with Crippen LogP contribution in [0.1, 0.15) is 44.2 Å². The Balaban J connectivity index is 2.70. The molecule has 0 fully saturated rings. The van der Waals surface area contributed by atoms with Crippen molar-refractivity contribution < 1.29 is 4.79 Å². The molecule has 0 spiro atoms. The van der Waals surface area contributed by atoms with Crippen LogP contribution in [0.5, 0.6) is 0 Å². The monoisotopic (exact) mass is 273 g/mol. The molecular formula is C16H23N3O. The Morgan fingerprint density at radius 1 is 1.35 bits per heavy atom. The van der Waals surface area contributed by atoms with E-state index in [4.69, 9.17) is 11.0 Å². The number of hydrogen-bond donors (Lipinski definition) is 1. The molecule has 0 radical (unpaired) electrons. The van der Waals surface area contributed by atoms with Crippen molar-refractivity contribution in [3.63, 3.8) is 0 Å². The van der Waals surface area contributed by atoms with Crippen molar-refractivity contribution in [3.05, 3.63) is 35.4 Å². The maximum absolute atomic E-state index is 12.2. The summed E-state index contributed by atoms with van der Waals surface area (Å²) < 4.78 is 0. The van der Waals surface area contributed by atoms with Gasteiger partial charge in [-0.05, 0) is 30.5 Å². The van der Waals surface area contributed by atoms with E-state index in [9.17, 15) is 4.79 Å². The average molecular weight is 273 g/mol. The molecule has 0 aliphatic rings. The quantitative estimate of drug-likeness (QED) is 0.829. The van der Waals surface area contributed by atoms with Gasteiger partial charge in [0.15, 0.2) is 0 Å². The lowest BCUT2D eigenvalue weighted by atomic mass is 10.1. The van der Waals surface area contributed by atoms with Crippen molar-refractivity contribution in [2.45, 2.75) is 45.7 Å². The van der Waals surface area contributed by atoms with Gasteiger partial charge in [-0.1, -0.05) is 26.0 Å². The molecule has 0 bridgehead atoms. The van der Waals surface area contributed by atoms with Crippen LogP contribution in [-0.4, -0.2) is 23.4 Å². The van der Waals surface area contributed by atoms with Gasteiger partial charge in [-0.15, -0.1) is 0 Å². The van der Waals surface area contributed by atoms with Crippen molar-refractivity contribution in [2.75, 3.05) is 6.54 Å². The zero-order valence-corrected chi connectivity index (χ0v) is 12.3. The fraction of sp³-hybridized carbons (Fsp3) is 0.500. The lowest BCUT2D eigenvalue weighted by molar-refractivity contribution is -0.132. The summed E-state index contributed by atoms with van der Waals surface area (Å²) in [6.07, 6.45) is 2.12. The number of hydrogen-bond acceptors (Lipinski definition) is 3. The highest BCUT2D eigenvalue weighted by molar-refractivity contribution is 5.76. The van der Waals surface area contributed by atoms with E-state index in [1.54, 1.807) is 12.1 Å². The molecule has 1 aromatic carbocycles. The molecule has 1 rings (SSSR count). The minimum atomic E-state index is -0.0668. The first-order chi connectivity index (χ1) is 9.60. The van der Waals surface area contributed by atoms with Gasteiger partial charge in [0.2, 0.25) is 5.91 Å². The zero-order chi connectivity index (χ0) is 15.0. The molecule has 1 aromatic rings. The second-order valence-electron chi connectivity index (χ2n) is 5.00. The topological polar surface area (TPSA) is 70.1 Å². The molecule has 0 saturated heterocycles. The first-order valence-electron chi connectivity index (χ1n) is 7.13. The predicted octanol–water partition coefficient (Wildman–Crippen LogP) is 2.42. The third-order valence-electron chi connectivity index (χ3n) is 3.26. The lowest BCUT2D eigenvalue weighted by Crippen LogP contribution is -2.35. The van der Waals surface area contributed by atoms with Crippen molar-refractivity contribution in [1.29, 1.82) is 5.26 Å². The van der Waals surface area contributed by atoms with Crippen LogP contribution in [0.25, 0.3) is 0 Å². The largest absolute Gasteiger partial charge is 0.338 e. The Kier molecular flexibility index (Phi) is 6.75. The number of nitrogens with zero attached hydrogens (tertiary/aromatic N) is 2. The van der Waals surface area contributed by atoms with Crippen molar-refractivity contribution in [3.8, 4) is 6.07 Å². The molecule has 108 valence electrons. The summed E-state index contributed by atoms with van der Waals surface area (Å²) in [5.41, 5.74) is 7.53. The van der Waals surface area contributed by atoms with E-state index < -0.39 is 0 Å². The second-order valence-corrected chi connectivity index (χ2v) is 5.00. The first kappa shape index (κ1) is 16.2. The molecule has 4 nitrogen and oxygen atoms in total. The van der Waals surface area contributed by atoms with Crippen molar-refractivity contribution in [2.24, 2.45) is 5.73 Å². The van der Waals surface area contributed by atoms with Crippen LogP contribution in [0.15, 0.2) is 24.3 Å². The van der Waals surface area contributed by atoms with Crippen LogP contribution in [0.2, 0.25) is 0 Å². The zero-order valence-electron chi connectivity index (χ0n) is 12.3. The molecule has 0 aliphatic carbocycles. The van der Waals surface area contributed by atoms with Crippen molar-refractivity contribution >= 4 is 5.91 Å². The van der Waals surface area contributed by atoms with Gasteiger partial charge in [0.05, 0.1) is 11.6 Å². The molecule has 0 aromatic heterocycles. The molecule has 2 N–H and O–H groups in total. The molecule has 1 atom stereocenters. The molecule has 20 heavy (non-hydrogen) atoms. The van der Waals surface area contributed by atoms with Crippen LogP contribution in [0.3, 0.4) is 0 Å². The van der Waals surface area contributed by atoms with Gasteiger partial charge < -0.3 is 10.6 Å². The van der Waals surface area contributed by atoms with E-state index in [0.29, 0.717) is 18.5 Å². The number of nitrogens with two attached hydrogens (primary N) is 1. The van der Waals surface area contributed by atoms with E-state index >= 15 is 0 Å². The average Bonchev–Trinajstić information content (AvgIpc) is 2.47. The van der Waals surface area contributed by atoms with Gasteiger partial charge >= 0.3 is 0 Å². The maximum atomic E-state index is 12.2. The summed E-state index contributed by atoms with van der Waals surface area (Å²) in [5.74, 6) is 0.102. The summed E-state index contributed by atoms with van der Waals surface area (Å²) in [4.78, 5) is 14.1. The molecule has 1 amide bonds. The van der Waals surface area contributed by atoms with Gasteiger partial charge in [-0.25, -0.2) is 0 Å². The standard InChI is InChI=1S/C16H23N3O/c1-3-9-19(16(20)10-15(18)4-2)12-14-7-5-13(11-17)6-8-14/h5-8,15H,3-4,9-10,12,18H2,1-2H3. The van der Waals surface area contributed by atoms with E-state index in [2.05, 4.69) is 13.0 Å². The lowest BCUT2D eigenvalue weighted by Gasteiger charge is -2.23. The summed E-state index contributed by atoms with van der Waals surface area (Å²) in [5, 5.41) is 8.78. The highest BCUT2D eigenvalue weighted by atomic mass is 16.2. The predicted molar refractivity (Wildman–Crippen MR) is 79.7 cm³/mol.